The van der Waals surface area contributed by atoms with Crippen molar-refractivity contribution >= 4 is 5.91 Å². The van der Waals surface area contributed by atoms with Gasteiger partial charge in [0.25, 0.3) is 5.91 Å². The molecule has 0 bridgehead atoms. The molecule has 0 fully saturated rings. The summed E-state index contributed by atoms with van der Waals surface area (Å²) in [6, 6.07) is 6.79. The predicted octanol–water partition coefficient (Wildman–Crippen LogP) is -0.452. The highest BCUT2D eigenvalue weighted by Gasteiger charge is 1.99. The fourth-order valence-corrected chi connectivity index (χ4v) is 0.882. The smallest absolute Gasteiger partial charge is 0.271 e. The number of aliphatic hydroxyl groups excluding tert-OH is 1. The molecule has 14 heavy (non-hydrogen) atoms. The van der Waals surface area contributed by atoms with E-state index in [0.717, 1.165) is 5.56 Å². The highest BCUT2D eigenvalue weighted by molar-refractivity contribution is 5.76. The van der Waals surface area contributed by atoms with E-state index in [9.17, 15) is 4.79 Å². The third-order valence-corrected chi connectivity index (χ3v) is 1.64. The van der Waals surface area contributed by atoms with Gasteiger partial charge >= 0.3 is 0 Å². The summed E-state index contributed by atoms with van der Waals surface area (Å²) in [4.78, 5) is 10.7. The van der Waals surface area contributed by atoms with Gasteiger partial charge in [-0.1, -0.05) is 12.1 Å². The SMILES string of the molecule is NNC(=O)COc1ccc(CO)cc1. The summed E-state index contributed by atoms with van der Waals surface area (Å²) in [6.07, 6.45) is 0. The van der Waals surface area contributed by atoms with Gasteiger partial charge in [-0.3, -0.25) is 10.2 Å². The predicted molar refractivity (Wildman–Crippen MR) is 50.2 cm³/mol. The van der Waals surface area contributed by atoms with Crippen LogP contribution in [0.1, 0.15) is 5.56 Å². The number of carbonyl (C=O) groups is 1. The Balaban J connectivity index is 2.47. The van der Waals surface area contributed by atoms with Crippen molar-refractivity contribution in [1.82, 2.24) is 5.43 Å². The van der Waals surface area contributed by atoms with Crippen molar-refractivity contribution < 1.29 is 14.6 Å². The van der Waals surface area contributed by atoms with E-state index in [-0.39, 0.29) is 13.2 Å². The molecule has 4 N–H and O–H groups in total. The van der Waals surface area contributed by atoms with E-state index in [1.807, 2.05) is 5.43 Å². The van der Waals surface area contributed by atoms with E-state index >= 15 is 0 Å². The first-order chi connectivity index (χ1) is 6.76. The third kappa shape index (κ3) is 3.04. The van der Waals surface area contributed by atoms with E-state index in [1.165, 1.54) is 0 Å². The maximum atomic E-state index is 10.7. The van der Waals surface area contributed by atoms with Gasteiger partial charge in [-0.25, -0.2) is 5.84 Å². The van der Waals surface area contributed by atoms with Gasteiger partial charge in [0.1, 0.15) is 5.75 Å². The molecule has 0 aliphatic heterocycles. The van der Waals surface area contributed by atoms with Crippen LogP contribution in [0.3, 0.4) is 0 Å². The van der Waals surface area contributed by atoms with E-state index in [1.54, 1.807) is 24.3 Å². The largest absolute Gasteiger partial charge is 0.484 e. The quantitative estimate of drug-likeness (QED) is 0.346. The molecule has 5 heteroatoms. The minimum atomic E-state index is -0.392. The molecular formula is C9H12N2O3. The summed E-state index contributed by atoms with van der Waals surface area (Å²) in [5.41, 5.74) is 2.75. The number of benzene rings is 1. The van der Waals surface area contributed by atoms with Gasteiger partial charge in [0, 0.05) is 0 Å². The van der Waals surface area contributed by atoms with Gasteiger partial charge in [0.15, 0.2) is 6.61 Å². The third-order valence-electron chi connectivity index (χ3n) is 1.64. The van der Waals surface area contributed by atoms with Crippen LogP contribution in [0, 0.1) is 0 Å². The molecule has 0 aliphatic carbocycles. The zero-order valence-corrected chi connectivity index (χ0v) is 7.56. The van der Waals surface area contributed by atoms with Crippen LogP contribution in [0.5, 0.6) is 5.75 Å². The van der Waals surface area contributed by atoms with Gasteiger partial charge < -0.3 is 9.84 Å². The van der Waals surface area contributed by atoms with E-state index in [2.05, 4.69) is 0 Å². The first-order valence-corrected chi connectivity index (χ1v) is 4.08. The maximum absolute atomic E-state index is 10.7. The topological polar surface area (TPSA) is 84.6 Å². The second kappa shape index (κ2) is 5.21. The van der Waals surface area contributed by atoms with E-state index in [4.69, 9.17) is 15.7 Å². The molecule has 0 saturated heterocycles. The number of ether oxygens (including phenoxy) is 1. The number of hydrogen-bond donors (Lipinski definition) is 3. The Labute approximate surface area is 81.5 Å². The number of nitrogens with two attached hydrogens (primary N) is 1. The summed E-state index contributed by atoms with van der Waals surface area (Å²) in [6.45, 7) is -0.126. The molecule has 0 aromatic heterocycles. The van der Waals surface area contributed by atoms with E-state index in [0.29, 0.717) is 5.75 Å². The number of nitrogens with one attached hydrogen (secondary N) is 1. The molecule has 1 aromatic carbocycles. The summed E-state index contributed by atoms with van der Waals surface area (Å²) >= 11 is 0. The molecule has 5 nitrogen and oxygen atoms in total. The number of aliphatic hydroxyl groups is 1. The van der Waals surface area contributed by atoms with Crippen molar-refractivity contribution in [3.8, 4) is 5.75 Å². The van der Waals surface area contributed by atoms with Crippen LogP contribution in [0.4, 0.5) is 0 Å². The fraction of sp³-hybridized carbons (Fsp3) is 0.222. The lowest BCUT2D eigenvalue weighted by atomic mass is 10.2. The maximum Gasteiger partial charge on any atom is 0.271 e. The van der Waals surface area contributed by atoms with Crippen molar-refractivity contribution in [3.05, 3.63) is 29.8 Å². The molecule has 0 heterocycles. The molecule has 0 spiro atoms. The summed E-state index contributed by atoms with van der Waals surface area (Å²) in [5.74, 6) is 5.04. The van der Waals surface area contributed by atoms with Crippen LogP contribution in [0.2, 0.25) is 0 Å². The lowest BCUT2D eigenvalue weighted by Crippen LogP contribution is -2.34. The standard InChI is InChI=1S/C9H12N2O3/c10-11-9(13)6-14-8-3-1-7(5-12)2-4-8/h1-4,12H,5-6,10H2,(H,11,13). The second-order valence-corrected chi connectivity index (χ2v) is 2.66. The number of amides is 1. The molecule has 1 aromatic rings. The lowest BCUT2D eigenvalue weighted by Gasteiger charge is -2.05. The number of hydrazine groups is 1. The fourth-order valence-electron chi connectivity index (χ4n) is 0.882. The van der Waals surface area contributed by atoms with Gasteiger partial charge in [0.2, 0.25) is 0 Å². The molecule has 0 aliphatic rings. The molecule has 0 unspecified atom stereocenters. The Bertz CT molecular complexity index is 297. The molecular weight excluding hydrogens is 184 g/mol. The Morgan fingerprint density at radius 2 is 2.07 bits per heavy atom. The van der Waals surface area contributed by atoms with Gasteiger partial charge in [-0.15, -0.1) is 0 Å². The zero-order chi connectivity index (χ0) is 10.4. The van der Waals surface area contributed by atoms with Crippen LogP contribution in [0.15, 0.2) is 24.3 Å². The summed E-state index contributed by atoms with van der Waals surface area (Å²) in [7, 11) is 0. The first kappa shape index (κ1) is 10.5. The van der Waals surface area contributed by atoms with Gasteiger partial charge in [-0.2, -0.15) is 0 Å². The Kier molecular flexibility index (Phi) is 3.90. The highest BCUT2D eigenvalue weighted by Crippen LogP contribution is 2.11. The Morgan fingerprint density at radius 1 is 1.43 bits per heavy atom. The van der Waals surface area contributed by atoms with Crippen LogP contribution in [-0.2, 0) is 11.4 Å². The van der Waals surface area contributed by atoms with Crippen LogP contribution < -0.4 is 16.0 Å². The van der Waals surface area contributed by atoms with Gasteiger partial charge in [0.05, 0.1) is 6.61 Å². The average molecular weight is 196 g/mol. The van der Waals surface area contributed by atoms with Crippen LogP contribution in [-0.4, -0.2) is 17.6 Å². The van der Waals surface area contributed by atoms with Crippen molar-refractivity contribution in [3.63, 3.8) is 0 Å². The second-order valence-electron chi connectivity index (χ2n) is 2.66. The van der Waals surface area contributed by atoms with E-state index < -0.39 is 5.91 Å². The summed E-state index contributed by atoms with van der Waals surface area (Å²) < 4.78 is 5.08. The van der Waals surface area contributed by atoms with Crippen molar-refractivity contribution in [2.45, 2.75) is 6.61 Å². The molecule has 0 radical (unpaired) electrons. The number of hydrogen-bond acceptors (Lipinski definition) is 4. The van der Waals surface area contributed by atoms with Crippen molar-refractivity contribution in [2.24, 2.45) is 5.84 Å². The molecule has 76 valence electrons. The first-order valence-electron chi connectivity index (χ1n) is 4.08. The molecule has 0 saturated carbocycles. The molecule has 1 amide bonds. The van der Waals surface area contributed by atoms with Crippen LogP contribution >= 0.6 is 0 Å². The normalized spacial score (nSPS) is 9.57. The highest BCUT2D eigenvalue weighted by atomic mass is 16.5. The van der Waals surface area contributed by atoms with Gasteiger partial charge in [-0.05, 0) is 17.7 Å². The average Bonchev–Trinajstić information content (AvgIpc) is 2.26. The van der Waals surface area contributed by atoms with Crippen molar-refractivity contribution in [2.75, 3.05) is 6.61 Å². The number of rotatable bonds is 4. The number of carbonyl (C=O) groups excluding carboxylic acids is 1. The monoisotopic (exact) mass is 196 g/mol. The Morgan fingerprint density at radius 3 is 2.57 bits per heavy atom. The minimum absolute atomic E-state index is 0.0104. The van der Waals surface area contributed by atoms with Crippen molar-refractivity contribution in [1.29, 1.82) is 0 Å². The molecule has 1 rings (SSSR count). The Hall–Kier alpha value is -1.59. The molecule has 0 atom stereocenters. The minimum Gasteiger partial charge on any atom is -0.484 e. The zero-order valence-electron chi connectivity index (χ0n) is 7.56. The lowest BCUT2D eigenvalue weighted by molar-refractivity contribution is -0.123. The van der Waals surface area contributed by atoms with Crippen LogP contribution in [0.25, 0.3) is 0 Å². The summed E-state index contributed by atoms with van der Waals surface area (Å²) in [5, 5.41) is 8.76.